The number of halogens is 1. The molecule has 0 aliphatic carbocycles. The van der Waals surface area contributed by atoms with Crippen molar-refractivity contribution in [2.45, 2.75) is 6.54 Å². The van der Waals surface area contributed by atoms with Crippen LogP contribution >= 0.6 is 11.6 Å². The van der Waals surface area contributed by atoms with Crippen LogP contribution in [0.1, 0.15) is 5.56 Å². The van der Waals surface area contributed by atoms with Crippen LogP contribution in [0.4, 0.5) is 4.79 Å². The van der Waals surface area contributed by atoms with E-state index in [2.05, 4.69) is 10.6 Å². The summed E-state index contributed by atoms with van der Waals surface area (Å²) in [6, 6.07) is 7.62. The highest BCUT2D eigenvalue weighted by atomic mass is 35.5. The van der Waals surface area contributed by atoms with Crippen LogP contribution in [0.2, 0.25) is 5.02 Å². The lowest BCUT2D eigenvalue weighted by molar-refractivity contribution is 0.217. The van der Waals surface area contributed by atoms with Gasteiger partial charge in [0.15, 0.2) is 0 Å². The van der Waals surface area contributed by atoms with E-state index in [1.54, 1.807) is 14.1 Å². The van der Waals surface area contributed by atoms with Gasteiger partial charge in [-0.25, -0.2) is 4.79 Å². The van der Waals surface area contributed by atoms with Crippen LogP contribution in [0, 0.1) is 0 Å². The highest BCUT2D eigenvalue weighted by Crippen LogP contribution is 2.08. The Bertz CT molecular complexity index is 351. The minimum absolute atomic E-state index is 0.0710. The van der Waals surface area contributed by atoms with Crippen molar-refractivity contribution in [3.05, 3.63) is 34.9 Å². The molecule has 0 radical (unpaired) electrons. The normalized spacial score (nSPS) is 10.1. The van der Waals surface area contributed by atoms with Gasteiger partial charge in [0.2, 0.25) is 0 Å². The summed E-state index contributed by atoms with van der Waals surface area (Å²) in [5.41, 5.74) is 1.17. The molecule has 2 amide bonds. The zero-order chi connectivity index (χ0) is 12.7. The van der Waals surface area contributed by atoms with Gasteiger partial charge in [0.1, 0.15) is 0 Å². The number of nitrogens with zero attached hydrogens (tertiary/aromatic N) is 1. The van der Waals surface area contributed by atoms with Gasteiger partial charge in [0.25, 0.3) is 0 Å². The van der Waals surface area contributed by atoms with E-state index in [9.17, 15) is 4.79 Å². The average molecular weight is 256 g/mol. The minimum atomic E-state index is -0.0710. The van der Waals surface area contributed by atoms with E-state index in [-0.39, 0.29) is 6.03 Å². The van der Waals surface area contributed by atoms with Crippen molar-refractivity contribution < 1.29 is 4.79 Å². The Kier molecular flexibility index (Phi) is 5.80. The van der Waals surface area contributed by atoms with Crippen LogP contribution in [0.25, 0.3) is 0 Å². The van der Waals surface area contributed by atoms with Crippen molar-refractivity contribution in [1.29, 1.82) is 0 Å². The van der Waals surface area contributed by atoms with E-state index < -0.39 is 0 Å². The summed E-state index contributed by atoms with van der Waals surface area (Å²) in [5, 5.41) is 6.76. The smallest absolute Gasteiger partial charge is 0.316 e. The third-order valence-electron chi connectivity index (χ3n) is 2.23. The van der Waals surface area contributed by atoms with Gasteiger partial charge < -0.3 is 15.5 Å². The predicted molar refractivity (Wildman–Crippen MR) is 70.2 cm³/mol. The second-order valence-electron chi connectivity index (χ2n) is 3.93. The second kappa shape index (κ2) is 7.14. The molecule has 1 aromatic rings. The summed E-state index contributed by atoms with van der Waals surface area (Å²) in [5.74, 6) is 0. The summed E-state index contributed by atoms with van der Waals surface area (Å²) in [6.07, 6.45) is 0. The van der Waals surface area contributed by atoms with Crippen molar-refractivity contribution in [2.75, 3.05) is 27.2 Å². The van der Waals surface area contributed by atoms with Crippen molar-refractivity contribution in [2.24, 2.45) is 0 Å². The quantitative estimate of drug-likeness (QED) is 0.787. The van der Waals surface area contributed by atoms with Crippen LogP contribution in [-0.2, 0) is 6.54 Å². The maximum Gasteiger partial charge on any atom is 0.316 e. The molecule has 0 aliphatic heterocycles. The Hall–Kier alpha value is -1.26. The SMILES string of the molecule is CN(C)C(=O)NCCNCc1ccc(Cl)cc1. The number of carbonyl (C=O) groups excluding carboxylic acids is 1. The molecule has 4 nitrogen and oxygen atoms in total. The Morgan fingerprint density at radius 2 is 1.88 bits per heavy atom. The lowest BCUT2D eigenvalue weighted by Gasteiger charge is -2.12. The van der Waals surface area contributed by atoms with Gasteiger partial charge in [-0.05, 0) is 17.7 Å². The highest BCUT2D eigenvalue weighted by Gasteiger charge is 2.00. The van der Waals surface area contributed by atoms with Gasteiger partial charge in [-0.15, -0.1) is 0 Å². The lowest BCUT2D eigenvalue weighted by Crippen LogP contribution is -2.38. The van der Waals surface area contributed by atoms with Crippen molar-refractivity contribution in [3.8, 4) is 0 Å². The van der Waals surface area contributed by atoms with Gasteiger partial charge in [-0.1, -0.05) is 23.7 Å². The fourth-order valence-electron chi connectivity index (χ4n) is 1.25. The molecule has 0 fully saturated rings. The van der Waals surface area contributed by atoms with Gasteiger partial charge in [0, 0.05) is 38.8 Å². The first-order valence-corrected chi connectivity index (χ1v) is 5.87. The number of amides is 2. The fourth-order valence-corrected chi connectivity index (χ4v) is 1.38. The molecule has 0 bridgehead atoms. The summed E-state index contributed by atoms with van der Waals surface area (Å²) >= 11 is 5.79. The third kappa shape index (κ3) is 5.56. The largest absolute Gasteiger partial charge is 0.337 e. The summed E-state index contributed by atoms with van der Waals surface area (Å²) < 4.78 is 0. The monoisotopic (exact) mass is 255 g/mol. The van der Waals surface area contributed by atoms with E-state index in [1.807, 2.05) is 24.3 Å². The van der Waals surface area contributed by atoms with E-state index in [0.29, 0.717) is 6.54 Å². The van der Waals surface area contributed by atoms with E-state index in [4.69, 9.17) is 11.6 Å². The van der Waals surface area contributed by atoms with Gasteiger partial charge in [-0.2, -0.15) is 0 Å². The molecule has 0 aromatic heterocycles. The molecule has 0 saturated carbocycles. The Morgan fingerprint density at radius 3 is 2.47 bits per heavy atom. The Morgan fingerprint density at radius 1 is 1.24 bits per heavy atom. The zero-order valence-corrected chi connectivity index (χ0v) is 10.9. The molecule has 1 aromatic carbocycles. The molecule has 0 unspecified atom stereocenters. The maximum absolute atomic E-state index is 11.2. The third-order valence-corrected chi connectivity index (χ3v) is 2.48. The predicted octanol–water partition coefficient (Wildman–Crippen LogP) is 1.70. The fraction of sp³-hybridized carbons (Fsp3) is 0.417. The minimum Gasteiger partial charge on any atom is -0.337 e. The topological polar surface area (TPSA) is 44.4 Å². The first kappa shape index (κ1) is 13.8. The summed E-state index contributed by atoms with van der Waals surface area (Å²) in [6.45, 7) is 2.13. The van der Waals surface area contributed by atoms with Gasteiger partial charge >= 0.3 is 6.03 Å². The molecule has 1 rings (SSSR count). The number of carbonyl (C=O) groups is 1. The molecule has 17 heavy (non-hydrogen) atoms. The molecule has 2 N–H and O–H groups in total. The first-order valence-electron chi connectivity index (χ1n) is 5.50. The van der Waals surface area contributed by atoms with Crippen LogP contribution in [-0.4, -0.2) is 38.1 Å². The number of hydrogen-bond acceptors (Lipinski definition) is 2. The van der Waals surface area contributed by atoms with Crippen LogP contribution in [0.15, 0.2) is 24.3 Å². The lowest BCUT2D eigenvalue weighted by atomic mass is 10.2. The Labute approximate surface area is 107 Å². The molecular weight excluding hydrogens is 238 g/mol. The standard InChI is InChI=1S/C12H18ClN3O/c1-16(2)12(17)15-8-7-14-9-10-3-5-11(13)6-4-10/h3-6,14H,7-9H2,1-2H3,(H,15,17). The molecule has 5 heteroatoms. The second-order valence-corrected chi connectivity index (χ2v) is 4.37. The molecule has 0 spiro atoms. The molecule has 0 atom stereocenters. The molecule has 94 valence electrons. The number of rotatable bonds is 5. The van der Waals surface area contributed by atoms with E-state index in [0.717, 1.165) is 18.1 Å². The maximum atomic E-state index is 11.2. The van der Waals surface area contributed by atoms with Gasteiger partial charge in [-0.3, -0.25) is 0 Å². The number of hydrogen-bond donors (Lipinski definition) is 2. The van der Waals surface area contributed by atoms with E-state index >= 15 is 0 Å². The Balaban J connectivity index is 2.12. The molecule has 0 saturated heterocycles. The van der Waals surface area contributed by atoms with Crippen molar-refractivity contribution in [1.82, 2.24) is 15.5 Å². The summed E-state index contributed by atoms with van der Waals surface area (Å²) in [7, 11) is 3.44. The molecule has 0 aliphatic rings. The molecule has 0 heterocycles. The first-order chi connectivity index (χ1) is 8.09. The van der Waals surface area contributed by atoms with Crippen LogP contribution in [0.5, 0.6) is 0 Å². The van der Waals surface area contributed by atoms with Crippen LogP contribution < -0.4 is 10.6 Å². The van der Waals surface area contributed by atoms with Crippen LogP contribution in [0.3, 0.4) is 0 Å². The zero-order valence-electron chi connectivity index (χ0n) is 10.2. The van der Waals surface area contributed by atoms with Crippen molar-refractivity contribution >= 4 is 17.6 Å². The van der Waals surface area contributed by atoms with Crippen molar-refractivity contribution in [3.63, 3.8) is 0 Å². The number of nitrogens with one attached hydrogen (secondary N) is 2. The van der Waals surface area contributed by atoms with E-state index in [1.165, 1.54) is 10.5 Å². The highest BCUT2D eigenvalue weighted by molar-refractivity contribution is 6.30. The van der Waals surface area contributed by atoms with Gasteiger partial charge in [0.05, 0.1) is 0 Å². The average Bonchev–Trinajstić information content (AvgIpc) is 2.30. The number of benzene rings is 1. The number of urea groups is 1. The molecular formula is C12H18ClN3O. The summed E-state index contributed by atoms with van der Waals surface area (Å²) in [4.78, 5) is 12.7.